The predicted molar refractivity (Wildman–Crippen MR) is 117 cm³/mol. The van der Waals surface area contributed by atoms with Gasteiger partial charge < -0.3 is 5.32 Å². The lowest BCUT2D eigenvalue weighted by molar-refractivity contribution is 0.181. The number of hydrogen-bond acceptors (Lipinski definition) is 3. The summed E-state index contributed by atoms with van der Waals surface area (Å²) in [5, 5.41) is 8.35. The van der Waals surface area contributed by atoms with Crippen LogP contribution in [-0.4, -0.2) is 33.8 Å². The fourth-order valence-electron chi connectivity index (χ4n) is 5.00. The highest BCUT2D eigenvalue weighted by Gasteiger charge is 2.28. The molecule has 6 heteroatoms. The molecule has 1 saturated heterocycles. The minimum absolute atomic E-state index is 0.251. The molecular formula is C25H28F2N4. The van der Waals surface area contributed by atoms with Crippen molar-refractivity contribution in [2.24, 2.45) is 0 Å². The van der Waals surface area contributed by atoms with Crippen molar-refractivity contribution in [1.82, 2.24) is 20.0 Å². The molecule has 31 heavy (non-hydrogen) atoms. The maximum absolute atomic E-state index is 13.7. The molecule has 1 N–H and O–H groups in total. The summed E-state index contributed by atoms with van der Waals surface area (Å²) in [6.45, 7) is 3.19. The Balaban J connectivity index is 1.24. The second-order valence-corrected chi connectivity index (χ2v) is 8.73. The van der Waals surface area contributed by atoms with Gasteiger partial charge in [0.2, 0.25) is 0 Å². The van der Waals surface area contributed by atoms with Crippen LogP contribution in [0.5, 0.6) is 0 Å². The first-order valence-corrected chi connectivity index (χ1v) is 11.2. The average Bonchev–Trinajstić information content (AvgIpc) is 3.21. The van der Waals surface area contributed by atoms with Gasteiger partial charge in [-0.1, -0.05) is 30.3 Å². The number of nitrogens with one attached hydrogen (secondary N) is 1. The molecule has 162 valence electrons. The molecular weight excluding hydrogens is 394 g/mol. The lowest BCUT2D eigenvalue weighted by Gasteiger charge is -2.35. The van der Waals surface area contributed by atoms with E-state index in [0.29, 0.717) is 11.7 Å². The Bertz CT molecular complexity index is 1010. The number of rotatable bonds is 5. The lowest BCUT2D eigenvalue weighted by atomic mass is 9.91. The molecule has 1 unspecified atom stereocenters. The molecule has 1 aliphatic heterocycles. The number of likely N-dealkylation sites (tertiary alicyclic amines) is 1. The van der Waals surface area contributed by atoms with Crippen molar-refractivity contribution in [3.63, 3.8) is 0 Å². The van der Waals surface area contributed by atoms with Gasteiger partial charge in [-0.3, -0.25) is 4.90 Å². The molecule has 5 rings (SSSR count). The zero-order valence-corrected chi connectivity index (χ0v) is 17.6. The molecule has 2 heterocycles. The van der Waals surface area contributed by atoms with Crippen LogP contribution in [0.25, 0.3) is 5.69 Å². The standard InChI is InChI=1S/C25H28F2N4/c26-19-13-20(27)15-22(14-19)31-25-8-4-7-24(23(25)16-28-31)29-21-9-11-30(12-10-21)17-18-5-2-1-3-6-18/h1-3,5-6,13-16,21,24,29H,4,7-12,17H2. The van der Waals surface area contributed by atoms with E-state index in [1.165, 1.54) is 23.3 Å². The van der Waals surface area contributed by atoms with Crippen LogP contribution in [0.15, 0.2) is 54.7 Å². The Kier molecular flexibility index (Phi) is 5.83. The van der Waals surface area contributed by atoms with E-state index < -0.39 is 11.6 Å². The van der Waals surface area contributed by atoms with Gasteiger partial charge in [0, 0.05) is 36.0 Å². The predicted octanol–water partition coefficient (Wildman–Crippen LogP) is 4.78. The molecule has 1 atom stereocenters. The monoisotopic (exact) mass is 422 g/mol. The number of fused-ring (bicyclic) bond motifs is 1. The summed E-state index contributed by atoms with van der Waals surface area (Å²) in [6, 6.07) is 15.0. The van der Waals surface area contributed by atoms with Gasteiger partial charge in [-0.15, -0.1) is 0 Å². The van der Waals surface area contributed by atoms with E-state index in [1.54, 1.807) is 4.68 Å². The van der Waals surface area contributed by atoms with Crippen LogP contribution in [-0.2, 0) is 13.0 Å². The van der Waals surface area contributed by atoms with Crippen molar-refractivity contribution in [1.29, 1.82) is 0 Å². The van der Waals surface area contributed by atoms with Crippen LogP contribution in [0.1, 0.15) is 48.5 Å². The second kappa shape index (κ2) is 8.89. The topological polar surface area (TPSA) is 33.1 Å². The molecule has 1 aromatic heterocycles. The second-order valence-electron chi connectivity index (χ2n) is 8.73. The van der Waals surface area contributed by atoms with Gasteiger partial charge in [0.25, 0.3) is 0 Å². The van der Waals surface area contributed by atoms with Gasteiger partial charge >= 0.3 is 0 Å². The van der Waals surface area contributed by atoms with Crippen LogP contribution >= 0.6 is 0 Å². The molecule has 1 fully saturated rings. The summed E-state index contributed by atoms with van der Waals surface area (Å²) in [7, 11) is 0. The Morgan fingerprint density at radius 1 is 0.968 bits per heavy atom. The minimum atomic E-state index is -0.577. The largest absolute Gasteiger partial charge is 0.307 e. The number of nitrogens with zero attached hydrogens (tertiary/aromatic N) is 3. The third-order valence-corrected chi connectivity index (χ3v) is 6.55. The van der Waals surface area contributed by atoms with Crippen LogP contribution in [0.2, 0.25) is 0 Å². The van der Waals surface area contributed by atoms with Gasteiger partial charge in [0.15, 0.2) is 0 Å². The Hall–Kier alpha value is -2.57. The highest BCUT2D eigenvalue weighted by atomic mass is 19.1. The van der Waals surface area contributed by atoms with Crippen molar-refractivity contribution >= 4 is 0 Å². The molecule has 2 aromatic carbocycles. The average molecular weight is 423 g/mol. The summed E-state index contributed by atoms with van der Waals surface area (Å²) in [6.07, 6.45) is 7.12. The van der Waals surface area contributed by atoms with Crippen LogP contribution in [0.3, 0.4) is 0 Å². The third kappa shape index (κ3) is 4.55. The van der Waals surface area contributed by atoms with Gasteiger partial charge in [-0.05, 0) is 62.9 Å². The minimum Gasteiger partial charge on any atom is -0.307 e. The normalized spacial score (nSPS) is 20.0. The first-order valence-electron chi connectivity index (χ1n) is 11.2. The van der Waals surface area contributed by atoms with Crippen molar-refractivity contribution in [2.45, 2.75) is 50.7 Å². The van der Waals surface area contributed by atoms with E-state index in [2.05, 4.69) is 45.6 Å². The Labute approximate surface area is 181 Å². The van der Waals surface area contributed by atoms with Crippen molar-refractivity contribution in [3.8, 4) is 5.69 Å². The van der Waals surface area contributed by atoms with E-state index >= 15 is 0 Å². The van der Waals surface area contributed by atoms with Crippen LogP contribution in [0, 0.1) is 11.6 Å². The molecule has 0 bridgehead atoms. The molecule has 0 amide bonds. The number of halogens is 2. The zero-order chi connectivity index (χ0) is 21.2. The van der Waals surface area contributed by atoms with Crippen LogP contribution < -0.4 is 5.32 Å². The highest BCUT2D eigenvalue weighted by Crippen LogP contribution is 2.32. The fraction of sp³-hybridized carbons (Fsp3) is 0.400. The SMILES string of the molecule is Fc1cc(F)cc(-n2ncc3c2CCCC3NC2CCN(Cc3ccccc3)CC2)c1. The van der Waals surface area contributed by atoms with Crippen molar-refractivity contribution < 1.29 is 8.78 Å². The summed E-state index contributed by atoms with van der Waals surface area (Å²) >= 11 is 0. The van der Waals surface area contributed by atoms with E-state index in [0.717, 1.165) is 63.5 Å². The summed E-state index contributed by atoms with van der Waals surface area (Å²) in [4.78, 5) is 2.52. The smallest absolute Gasteiger partial charge is 0.128 e. The number of aromatic nitrogens is 2. The molecule has 2 aliphatic rings. The summed E-state index contributed by atoms with van der Waals surface area (Å²) in [5.74, 6) is -1.15. The van der Waals surface area contributed by atoms with E-state index in [1.807, 2.05) is 6.20 Å². The maximum Gasteiger partial charge on any atom is 0.128 e. The highest BCUT2D eigenvalue weighted by molar-refractivity contribution is 5.38. The molecule has 0 radical (unpaired) electrons. The van der Waals surface area contributed by atoms with E-state index in [4.69, 9.17) is 0 Å². The number of piperidine rings is 1. The number of hydrogen-bond donors (Lipinski definition) is 1. The van der Waals surface area contributed by atoms with Gasteiger partial charge in [0.05, 0.1) is 11.9 Å². The lowest BCUT2D eigenvalue weighted by Crippen LogP contribution is -2.43. The van der Waals surface area contributed by atoms with Crippen molar-refractivity contribution in [2.75, 3.05) is 13.1 Å². The fourth-order valence-corrected chi connectivity index (χ4v) is 5.00. The van der Waals surface area contributed by atoms with Crippen LogP contribution in [0.4, 0.5) is 8.78 Å². The Morgan fingerprint density at radius 2 is 1.71 bits per heavy atom. The van der Waals surface area contributed by atoms with Gasteiger partial charge in [-0.2, -0.15) is 5.10 Å². The molecule has 0 saturated carbocycles. The quantitative estimate of drug-likeness (QED) is 0.642. The summed E-state index contributed by atoms with van der Waals surface area (Å²) in [5.41, 5.74) is 4.05. The molecule has 3 aromatic rings. The molecule has 1 aliphatic carbocycles. The van der Waals surface area contributed by atoms with Gasteiger partial charge in [-0.25, -0.2) is 13.5 Å². The Morgan fingerprint density at radius 3 is 2.45 bits per heavy atom. The first-order chi connectivity index (χ1) is 15.2. The van der Waals surface area contributed by atoms with E-state index in [-0.39, 0.29) is 6.04 Å². The van der Waals surface area contributed by atoms with E-state index in [9.17, 15) is 8.78 Å². The van der Waals surface area contributed by atoms with Gasteiger partial charge in [0.1, 0.15) is 11.6 Å². The molecule has 0 spiro atoms. The first kappa shape index (κ1) is 20.3. The summed E-state index contributed by atoms with van der Waals surface area (Å²) < 4.78 is 29.1. The third-order valence-electron chi connectivity index (χ3n) is 6.55. The maximum atomic E-state index is 13.7. The zero-order valence-electron chi connectivity index (χ0n) is 17.6. The number of benzene rings is 2. The molecule has 4 nitrogen and oxygen atoms in total. The van der Waals surface area contributed by atoms with Crippen molar-refractivity contribution in [3.05, 3.63) is 83.2 Å².